The molecule has 0 aliphatic carbocycles. The number of carbonyl (C=O) groups is 1. The summed E-state index contributed by atoms with van der Waals surface area (Å²) in [7, 11) is 3.09. The lowest BCUT2D eigenvalue weighted by Gasteiger charge is -2.11. The van der Waals surface area contributed by atoms with Gasteiger partial charge in [-0.3, -0.25) is 4.79 Å². The largest absolute Gasteiger partial charge is 0.468 e. The maximum atomic E-state index is 11.2. The van der Waals surface area contributed by atoms with E-state index in [1.54, 1.807) is 19.6 Å². The van der Waals surface area contributed by atoms with Crippen molar-refractivity contribution in [2.75, 3.05) is 14.2 Å². The van der Waals surface area contributed by atoms with E-state index in [1.165, 1.54) is 7.11 Å². The number of rotatable bonds is 4. The van der Waals surface area contributed by atoms with Crippen LogP contribution in [0.25, 0.3) is 0 Å². The van der Waals surface area contributed by atoms with E-state index in [-0.39, 0.29) is 12.0 Å². The number of likely N-dealkylation sites (N-methyl/N-ethyl adjacent to an activating group) is 1. The Kier molecular flexibility index (Phi) is 3.45. The molecule has 1 rings (SSSR count). The van der Waals surface area contributed by atoms with Crippen molar-refractivity contribution in [1.82, 2.24) is 15.3 Å². The van der Waals surface area contributed by atoms with E-state index in [0.717, 1.165) is 5.69 Å². The van der Waals surface area contributed by atoms with Crippen LogP contribution in [-0.4, -0.2) is 36.1 Å². The first kappa shape index (κ1) is 9.73. The van der Waals surface area contributed by atoms with Crippen LogP contribution in [0.3, 0.4) is 0 Å². The predicted octanol–water partition coefficient (Wildman–Crippen LogP) is -0.287. The van der Waals surface area contributed by atoms with E-state index in [2.05, 4.69) is 20.0 Å². The number of nitrogens with zero attached hydrogens (tertiary/aromatic N) is 1. The molecule has 0 amide bonds. The van der Waals surface area contributed by atoms with Gasteiger partial charge in [-0.2, -0.15) is 0 Å². The molecule has 0 fully saturated rings. The van der Waals surface area contributed by atoms with Crippen molar-refractivity contribution in [3.8, 4) is 0 Å². The number of ether oxygens (including phenoxy) is 1. The van der Waals surface area contributed by atoms with Gasteiger partial charge in [-0.15, -0.1) is 0 Å². The first-order valence-corrected chi connectivity index (χ1v) is 4.00. The summed E-state index contributed by atoms with van der Waals surface area (Å²) in [6, 6.07) is -0.314. The van der Waals surface area contributed by atoms with E-state index in [4.69, 9.17) is 0 Å². The fraction of sp³-hybridized carbons (Fsp3) is 0.500. The number of hydrogen-bond donors (Lipinski definition) is 2. The number of aromatic amines is 1. The third-order valence-corrected chi connectivity index (χ3v) is 1.81. The molecule has 2 N–H and O–H groups in total. The van der Waals surface area contributed by atoms with E-state index >= 15 is 0 Å². The third-order valence-electron chi connectivity index (χ3n) is 1.81. The van der Waals surface area contributed by atoms with E-state index < -0.39 is 0 Å². The molecule has 72 valence electrons. The second-order valence-electron chi connectivity index (χ2n) is 2.65. The summed E-state index contributed by atoms with van der Waals surface area (Å²) in [6.07, 6.45) is 3.83. The Bertz CT molecular complexity index is 258. The average molecular weight is 183 g/mol. The van der Waals surface area contributed by atoms with Gasteiger partial charge in [-0.1, -0.05) is 0 Å². The number of esters is 1. The van der Waals surface area contributed by atoms with Crippen molar-refractivity contribution in [2.45, 2.75) is 12.5 Å². The summed E-state index contributed by atoms with van der Waals surface area (Å²) >= 11 is 0. The van der Waals surface area contributed by atoms with Crippen LogP contribution in [0.15, 0.2) is 12.5 Å². The smallest absolute Gasteiger partial charge is 0.323 e. The Morgan fingerprint density at radius 3 is 3.08 bits per heavy atom. The second-order valence-corrected chi connectivity index (χ2v) is 2.65. The molecule has 1 unspecified atom stereocenters. The number of aromatic nitrogens is 2. The highest BCUT2D eigenvalue weighted by molar-refractivity contribution is 5.75. The number of carbonyl (C=O) groups excluding carboxylic acids is 1. The molecular formula is C8H13N3O2. The molecule has 5 nitrogen and oxygen atoms in total. The monoisotopic (exact) mass is 183 g/mol. The highest BCUT2D eigenvalue weighted by Gasteiger charge is 2.17. The summed E-state index contributed by atoms with van der Waals surface area (Å²) in [5.74, 6) is -0.267. The first-order valence-electron chi connectivity index (χ1n) is 4.00. The maximum absolute atomic E-state index is 11.2. The first-order chi connectivity index (χ1) is 6.27. The molecule has 0 spiro atoms. The van der Waals surface area contributed by atoms with Gasteiger partial charge in [0.2, 0.25) is 0 Å². The van der Waals surface area contributed by atoms with Crippen LogP contribution in [0.5, 0.6) is 0 Å². The van der Waals surface area contributed by atoms with Gasteiger partial charge >= 0.3 is 5.97 Å². The van der Waals surface area contributed by atoms with Gasteiger partial charge in [0.15, 0.2) is 0 Å². The number of H-pyrrole nitrogens is 1. The van der Waals surface area contributed by atoms with Crippen molar-refractivity contribution in [2.24, 2.45) is 0 Å². The Labute approximate surface area is 76.5 Å². The van der Waals surface area contributed by atoms with E-state index in [0.29, 0.717) is 6.42 Å². The van der Waals surface area contributed by atoms with Gasteiger partial charge in [0, 0.05) is 18.3 Å². The molecule has 1 heterocycles. The van der Waals surface area contributed by atoms with Crippen LogP contribution in [0.4, 0.5) is 0 Å². The molecule has 0 bridgehead atoms. The minimum atomic E-state index is -0.314. The van der Waals surface area contributed by atoms with Crippen molar-refractivity contribution in [3.05, 3.63) is 18.2 Å². The van der Waals surface area contributed by atoms with Crippen LogP contribution in [0.1, 0.15) is 5.69 Å². The summed E-state index contributed by atoms with van der Waals surface area (Å²) in [6.45, 7) is 0. The molecule has 13 heavy (non-hydrogen) atoms. The number of imidazole rings is 1. The SMILES string of the molecule is CNC(Cc1cnc[nH]1)C(=O)OC. The average Bonchev–Trinajstić information content (AvgIpc) is 2.65. The molecule has 0 aliphatic rings. The lowest BCUT2D eigenvalue weighted by atomic mass is 10.2. The van der Waals surface area contributed by atoms with Crippen LogP contribution >= 0.6 is 0 Å². The van der Waals surface area contributed by atoms with Crippen molar-refractivity contribution in [3.63, 3.8) is 0 Å². The van der Waals surface area contributed by atoms with Gasteiger partial charge in [0.25, 0.3) is 0 Å². The maximum Gasteiger partial charge on any atom is 0.323 e. The van der Waals surface area contributed by atoms with Gasteiger partial charge in [0.1, 0.15) is 6.04 Å². The molecule has 1 atom stereocenters. The fourth-order valence-electron chi connectivity index (χ4n) is 1.06. The normalized spacial score (nSPS) is 12.5. The summed E-state index contributed by atoms with van der Waals surface area (Å²) < 4.78 is 4.62. The zero-order valence-corrected chi connectivity index (χ0v) is 7.70. The van der Waals surface area contributed by atoms with Gasteiger partial charge in [-0.25, -0.2) is 4.98 Å². The Balaban J connectivity index is 2.54. The number of methoxy groups -OCH3 is 1. The van der Waals surface area contributed by atoms with Crippen LogP contribution in [0.2, 0.25) is 0 Å². The predicted molar refractivity (Wildman–Crippen MR) is 47.2 cm³/mol. The van der Waals surface area contributed by atoms with Crippen LogP contribution in [-0.2, 0) is 16.0 Å². The summed E-state index contributed by atoms with van der Waals surface area (Å²) in [5.41, 5.74) is 0.907. The molecule has 0 aromatic carbocycles. The van der Waals surface area contributed by atoms with Gasteiger partial charge in [0.05, 0.1) is 13.4 Å². The van der Waals surface area contributed by atoms with E-state index in [1.807, 2.05) is 0 Å². The third kappa shape index (κ3) is 2.55. The Morgan fingerprint density at radius 1 is 1.85 bits per heavy atom. The molecule has 5 heteroatoms. The lowest BCUT2D eigenvalue weighted by Crippen LogP contribution is -2.36. The Hall–Kier alpha value is -1.36. The van der Waals surface area contributed by atoms with Gasteiger partial charge in [-0.05, 0) is 7.05 Å². The number of nitrogens with one attached hydrogen (secondary N) is 2. The minimum Gasteiger partial charge on any atom is -0.468 e. The zero-order valence-electron chi connectivity index (χ0n) is 7.70. The summed E-state index contributed by atoms with van der Waals surface area (Å²) in [4.78, 5) is 17.9. The molecular weight excluding hydrogens is 170 g/mol. The minimum absolute atomic E-state index is 0.267. The lowest BCUT2D eigenvalue weighted by molar-refractivity contribution is -0.142. The van der Waals surface area contributed by atoms with Crippen LogP contribution < -0.4 is 5.32 Å². The second kappa shape index (κ2) is 4.61. The summed E-state index contributed by atoms with van der Waals surface area (Å²) in [5, 5.41) is 2.87. The molecule has 0 radical (unpaired) electrons. The quantitative estimate of drug-likeness (QED) is 0.630. The molecule has 1 aromatic heterocycles. The molecule has 1 aromatic rings. The van der Waals surface area contributed by atoms with Crippen molar-refractivity contribution >= 4 is 5.97 Å². The fourth-order valence-corrected chi connectivity index (χ4v) is 1.06. The van der Waals surface area contributed by atoms with Crippen molar-refractivity contribution in [1.29, 1.82) is 0 Å². The highest BCUT2D eigenvalue weighted by atomic mass is 16.5. The number of hydrogen-bond acceptors (Lipinski definition) is 4. The zero-order chi connectivity index (χ0) is 9.68. The van der Waals surface area contributed by atoms with Crippen molar-refractivity contribution < 1.29 is 9.53 Å². The molecule has 0 saturated heterocycles. The van der Waals surface area contributed by atoms with Crippen LogP contribution in [0, 0.1) is 0 Å². The van der Waals surface area contributed by atoms with Gasteiger partial charge < -0.3 is 15.0 Å². The molecule has 0 aliphatic heterocycles. The standard InChI is InChI=1S/C8H13N3O2/c1-9-7(8(12)13-2)3-6-4-10-5-11-6/h4-5,7,9H,3H2,1-2H3,(H,10,11). The highest BCUT2D eigenvalue weighted by Crippen LogP contribution is 1.99. The van der Waals surface area contributed by atoms with E-state index in [9.17, 15) is 4.79 Å². The Morgan fingerprint density at radius 2 is 2.62 bits per heavy atom. The molecule has 0 saturated carbocycles. The topological polar surface area (TPSA) is 67.0 Å².